The van der Waals surface area contributed by atoms with Crippen LogP contribution in [0.1, 0.15) is 0 Å². The van der Waals surface area contributed by atoms with Gasteiger partial charge < -0.3 is 0 Å². The summed E-state index contributed by atoms with van der Waals surface area (Å²) in [4.78, 5) is 0. The zero-order valence-electron chi connectivity index (χ0n) is 4.33. The molecule has 5 heteroatoms. The fourth-order valence-electron chi connectivity index (χ4n) is 0.243. The van der Waals surface area contributed by atoms with Crippen molar-refractivity contribution < 1.29 is 22.0 Å². The van der Waals surface area contributed by atoms with Gasteiger partial charge >= 0.3 is 0 Å². The number of rotatable bonds is 3. The SMILES string of the molecule is FCC(F)C(F)C(F)F. The van der Waals surface area contributed by atoms with Gasteiger partial charge in [-0.05, 0) is 0 Å². The Bertz CT molecular complexity index is 73.4. The van der Waals surface area contributed by atoms with Crippen LogP contribution in [0.4, 0.5) is 22.0 Å². The molecular formula is C4H5F5. The average Bonchev–Trinajstić information content (AvgIpc) is 1.84. The molecule has 2 atom stereocenters. The molecule has 2 unspecified atom stereocenters. The first-order valence-electron chi connectivity index (χ1n) is 2.22. The maximum absolute atomic E-state index is 11.6. The summed E-state index contributed by atoms with van der Waals surface area (Å²) in [6, 6.07) is 0. The van der Waals surface area contributed by atoms with Crippen molar-refractivity contribution in [3.05, 3.63) is 0 Å². The molecule has 0 aromatic carbocycles. The van der Waals surface area contributed by atoms with E-state index >= 15 is 0 Å². The number of alkyl halides is 5. The van der Waals surface area contributed by atoms with E-state index in [4.69, 9.17) is 0 Å². The number of hydrogen-bond acceptors (Lipinski definition) is 0. The van der Waals surface area contributed by atoms with E-state index in [2.05, 4.69) is 0 Å². The standard InChI is InChI=1S/C4H5F5/c5-1-2(6)3(7)4(8)9/h2-4H,1H2. The maximum Gasteiger partial charge on any atom is 0.272 e. The van der Waals surface area contributed by atoms with Crippen molar-refractivity contribution in [1.29, 1.82) is 0 Å². The van der Waals surface area contributed by atoms with Crippen LogP contribution in [-0.2, 0) is 0 Å². The molecule has 9 heavy (non-hydrogen) atoms. The molecule has 0 radical (unpaired) electrons. The third kappa shape index (κ3) is 2.62. The van der Waals surface area contributed by atoms with Gasteiger partial charge in [0.1, 0.15) is 6.67 Å². The molecule has 0 aliphatic rings. The Morgan fingerprint density at radius 2 is 1.44 bits per heavy atom. The third-order valence-electron chi connectivity index (χ3n) is 0.734. The van der Waals surface area contributed by atoms with Crippen molar-refractivity contribution in [3.63, 3.8) is 0 Å². The lowest BCUT2D eigenvalue weighted by molar-refractivity contribution is -0.00346. The average molecular weight is 148 g/mol. The largest absolute Gasteiger partial charge is 0.272 e. The molecule has 0 aliphatic heterocycles. The van der Waals surface area contributed by atoms with Crippen LogP contribution in [0.3, 0.4) is 0 Å². The normalized spacial score (nSPS) is 18.0. The lowest BCUT2D eigenvalue weighted by Gasteiger charge is -2.07. The van der Waals surface area contributed by atoms with Crippen LogP contribution in [0.2, 0.25) is 0 Å². The molecule has 0 spiro atoms. The Hall–Kier alpha value is -0.350. The van der Waals surface area contributed by atoms with Crippen molar-refractivity contribution in [2.75, 3.05) is 6.67 Å². The van der Waals surface area contributed by atoms with Crippen LogP contribution >= 0.6 is 0 Å². The van der Waals surface area contributed by atoms with Crippen molar-refractivity contribution in [2.45, 2.75) is 18.8 Å². The molecule has 0 N–H and O–H groups in total. The fourth-order valence-corrected chi connectivity index (χ4v) is 0.243. The molecule has 0 aliphatic carbocycles. The second-order valence-corrected chi connectivity index (χ2v) is 1.45. The zero-order valence-corrected chi connectivity index (χ0v) is 4.33. The third-order valence-corrected chi connectivity index (χ3v) is 0.734. The topological polar surface area (TPSA) is 0 Å². The Morgan fingerprint density at radius 1 is 1.00 bits per heavy atom. The monoisotopic (exact) mass is 148 g/mol. The quantitative estimate of drug-likeness (QED) is 0.536. The Morgan fingerprint density at radius 3 is 1.56 bits per heavy atom. The van der Waals surface area contributed by atoms with Crippen LogP contribution < -0.4 is 0 Å². The molecule has 0 aromatic rings. The summed E-state index contributed by atoms with van der Waals surface area (Å²) in [5.41, 5.74) is 0. The Kier molecular flexibility index (Phi) is 3.49. The first-order valence-corrected chi connectivity index (χ1v) is 2.22. The smallest absolute Gasteiger partial charge is 0.248 e. The van der Waals surface area contributed by atoms with Gasteiger partial charge in [-0.2, -0.15) is 0 Å². The highest BCUT2D eigenvalue weighted by Crippen LogP contribution is 2.12. The van der Waals surface area contributed by atoms with Crippen molar-refractivity contribution in [3.8, 4) is 0 Å². The lowest BCUT2D eigenvalue weighted by Crippen LogP contribution is -2.26. The summed E-state index contributed by atoms with van der Waals surface area (Å²) in [6.07, 6.45) is -9.12. The van der Waals surface area contributed by atoms with Gasteiger partial charge in [-0.3, -0.25) is 0 Å². The van der Waals surface area contributed by atoms with E-state index in [0.29, 0.717) is 0 Å². The van der Waals surface area contributed by atoms with E-state index < -0.39 is 25.4 Å². The van der Waals surface area contributed by atoms with E-state index in [1.807, 2.05) is 0 Å². The lowest BCUT2D eigenvalue weighted by atomic mass is 10.3. The highest BCUT2D eigenvalue weighted by atomic mass is 19.3. The summed E-state index contributed by atoms with van der Waals surface area (Å²) in [5, 5.41) is 0. The first-order chi connectivity index (χ1) is 4.09. The number of hydrogen-bond donors (Lipinski definition) is 0. The van der Waals surface area contributed by atoms with Gasteiger partial charge in [0.25, 0.3) is 6.43 Å². The summed E-state index contributed by atoms with van der Waals surface area (Å²) in [6.45, 7) is -1.70. The predicted molar refractivity (Wildman–Crippen MR) is 21.8 cm³/mol. The van der Waals surface area contributed by atoms with Gasteiger partial charge in [0, 0.05) is 0 Å². The van der Waals surface area contributed by atoms with Gasteiger partial charge in [-0.25, -0.2) is 22.0 Å². The second-order valence-electron chi connectivity index (χ2n) is 1.45. The molecular weight excluding hydrogens is 143 g/mol. The highest BCUT2D eigenvalue weighted by Gasteiger charge is 2.29. The van der Waals surface area contributed by atoms with Crippen LogP contribution in [0.15, 0.2) is 0 Å². The second kappa shape index (κ2) is 3.63. The minimum Gasteiger partial charge on any atom is -0.248 e. The minimum atomic E-state index is -3.43. The Balaban J connectivity index is 3.58. The molecule has 56 valence electrons. The minimum absolute atomic E-state index is 1.70. The molecule has 0 heterocycles. The number of halogens is 5. The van der Waals surface area contributed by atoms with Gasteiger partial charge in [-0.15, -0.1) is 0 Å². The summed E-state index contributed by atoms with van der Waals surface area (Å²) in [5.74, 6) is 0. The van der Waals surface area contributed by atoms with Crippen LogP contribution in [0.5, 0.6) is 0 Å². The van der Waals surface area contributed by atoms with E-state index in [9.17, 15) is 22.0 Å². The molecule has 0 rings (SSSR count). The summed E-state index contributed by atoms with van der Waals surface area (Å²) >= 11 is 0. The maximum atomic E-state index is 11.6. The molecule has 0 amide bonds. The first kappa shape index (κ1) is 8.65. The van der Waals surface area contributed by atoms with Crippen LogP contribution in [0.25, 0.3) is 0 Å². The van der Waals surface area contributed by atoms with Crippen LogP contribution in [0, 0.1) is 0 Å². The Labute approximate surface area is 48.7 Å². The predicted octanol–water partition coefficient (Wildman–Crippen LogP) is 1.90. The molecule has 0 saturated carbocycles. The van der Waals surface area contributed by atoms with Gasteiger partial charge in [0.2, 0.25) is 0 Å². The summed E-state index contributed by atoms with van der Waals surface area (Å²) < 4.78 is 56.3. The molecule has 0 nitrogen and oxygen atoms in total. The van der Waals surface area contributed by atoms with Gasteiger partial charge in [-0.1, -0.05) is 0 Å². The van der Waals surface area contributed by atoms with E-state index in [1.165, 1.54) is 0 Å². The highest BCUT2D eigenvalue weighted by molar-refractivity contribution is 4.68. The van der Waals surface area contributed by atoms with Gasteiger partial charge in [0.15, 0.2) is 12.3 Å². The van der Waals surface area contributed by atoms with Gasteiger partial charge in [0.05, 0.1) is 0 Å². The molecule has 0 fully saturated rings. The fraction of sp³-hybridized carbons (Fsp3) is 1.00. The zero-order chi connectivity index (χ0) is 7.44. The van der Waals surface area contributed by atoms with Crippen molar-refractivity contribution >= 4 is 0 Å². The van der Waals surface area contributed by atoms with Crippen molar-refractivity contribution in [1.82, 2.24) is 0 Å². The van der Waals surface area contributed by atoms with Crippen LogP contribution in [-0.4, -0.2) is 25.4 Å². The van der Waals surface area contributed by atoms with E-state index in [-0.39, 0.29) is 0 Å². The molecule has 0 saturated heterocycles. The molecule has 0 bridgehead atoms. The van der Waals surface area contributed by atoms with Crippen molar-refractivity contribution in [2.24, 2.45) is 0 Å². The molecule has 0 aromatic heterocycles. The van der Waals surface area contributed by atoms with E-state index in [1.54, 1.807) is 0 Å². The summed E-state index contributed by atoms with van der Waals surface area (Å²) in [7, 11) is 0. The van der Waals surface area contributed by atoms with E-state index in [0.717, 1.165) is 0 Å².